The fourth-order valence-electron chi connectivity index (χ4n) is 3.81. The second kappa shape index (κ2) is 7.62. The molecule has 0 aliphatic carbocycles. The summed E-state index contributed by atoms with van der Waals surface area (Å²) in [7, 11) is -3.54. The van der Waals surface area contributed by atoms with Crippen molar-refractivity contribution in [3.05, 3.63) is 71.5 Å². The van der Waals surface area contributed by atoms with E-state index in [1.54, 1.807) is 28.8 Å². The Morgan fingerprint density at radius 1 is 1.11 bits per heavy atom. The molecule has 1 atom stereocenters. The van der Waals surface area contributed by atoms with Crippen molar-refractivity contribution in [3.63, 3.8) is 0 Å². The summed E-state index contributed by atoms with van der Waals surface area (Å²) in [5.74, 6) is 0. The number of sulfonamides is 1. The van der Waals surface area contributed by atoms with E-state index < -0.39 is 10.0 Å². The van der Waals surface area contributed by atoms with Crippen LogP contribution in [0, 0.1) is 13.8 Å². The van der Waals surface area contributed by atoms with Crippen LogP contribution in [0.25, 0.3) is 10.8 Å². The van der Waals surface area contributed by atoms with E-state index in [4.69, 9.17) is 0 Å². The monoisotopic (exact) mass is 395 g/mol. The zero-order chi connectivity index (χ0) is 19.7. The molecule has 1 aliphatic heterocycles. The zero-order valence-electron chi connectivity index (χ0n) is 16.2. The van der Waals surface area contributed by atoms with Crippen LogP contribution in [0.15, 0.2) is 59.8 Å². The smallest absolute Gasteiger partial charge is 0.243 e. The van der Waals surface area contributed by atoms with Gasteiger partial charge in [0.2, 0.25) is 10.0 Å². The molecule has 1 aliphatic rings. The van der Waals surface area contributed by atoms with E-state index in [0.717, 1.165) is 29.3 Å². The highest BCUT2D eigenvalue weighted by atomic mass is 32.2. The standard InChI is InChI=1S/C22H25N3O2S/c1-16-6-8-18(9-7-16)13-24-20-10-11-25(15-20)28(26,27)21-5-3-4-19-14-23-12-17(2)22(19)21/h3-9,12,14,20,24H,10-11,13,15H2,1-2H3/t20-/m0/s1. The highest BCUT2D eigenvalue weighted by Gasteiger charge is 2.33. The van der Waals surface area contributed by atoms with Crippen molar-refractivity contribution < 1.29 is 8.42 Å². The maximum atomic E-state index is 13.3. The SMILES string of the molecule is Cc1ccc(CN[C@H]2CCN(S(=O)(=O)c3cccc4cncc(C)c34)C2)cc1. The molecule has 0 amide bonds. The van der Waals surface area contributed by atoms with Crippen LogP contribution in [-0.2, 0) is 16.6 Å². The van der Waals surface area contributed by atoms with Crippen molar-refractivity contribution in [3.8, 4) is 0 Å². The van der Waals surface area contributed by atoms with Crippen molar-refractivity contribution in [2.24, 2.45) is 0 Å². The molecule has 4 rings (SSSR count). The summed E-state index contributed by atoms with van der Waals surface area (Å²) in [6.45, 7) is 5.76. The molecule has 0 radical (unpaired) electrons. The van der Waals surface area contributed by atoms with Gasteiger partial charge in [0, 0.05) is 48.8 Å². The third-order valence-corrected chi connectivity index (χ3v) is 7.33. The number of aromatic nitrogens is 1. The van der Waals surface area contributed by atoms with E-state index in [0.29, 0.717) is 18.0 Å². The number of nitrogens with one attached hydrogen (secondary N) is 1. The number of aryl methyl sites for hydroxylation is 2. The Morgan fingerprint density at radius 3 is 2.68 bits per heavy atom. The van der Waals surface area contributed by atoms with Gasteiger partial charge in [-0.25, -0.2) is 8.42 Å². The van der Waals surface area contributed by atoms with Crippen molar-refractivity contribution in [1.29, 1.82) is 0 Å². The predicted octanol–water partition coefficient (Wildman–Crippen LogP) is 3.40. The van der Waals surface area contributed by atoms with Gasteiger partial charge in [0.05, 0.1) is 4.90 Å². The van der Waals surface area contributed by atoms with Crippen molar-refractivity contribution >= 4 is 20.8 Å². The summed E-state index contributed by atoms with van der Waals surface area (Å²) < 4.78 is 28.3. The molecule has 2 heterocycles. The first-order chi connectivity index (χ1) is 13.4. The van der Waals surface area contributed by atoms with Gasteiger partial charge in [-0.05, 0) is 37.5 Å². The van der Waals surface area contributed by atoms with Crippen LogP contribution in [0.2, 0.25) is 0 Å². The fourth-order valence-corrected chi connectivity index (χ4v) is 5.59. The minimum atomic E-state index is -3.54. The Kier molecular flexibility index (Phi) is 5.19. The second-order valence-corrected chi connectivity index (χ2v) is 9.43. The number of nitrogens with zero attached hydrogens (tertiary/aromatic N) is 2. The van der Waals surface area contributed by atoms with Crippen LogP contribution in [0.1, 0.15) is 23.1 Å². The third-order valence-electron chi connectivity index (χ3n) is 5.42. The average Bonchev–Trinajstić information content (AvgIpc) is 3.17. The molecule has 0 saturated carbocycles. The molecule has 5 nitrogen and oxygen atoms in total. The largest absolute Gasteiger partial charge is 0.309 e. The lowest BCUT2D eigenvalue weighted by atomic mass is 10.1. The number of rotatable bonds is 5. The summed E-state index contributed by atoms with van der Waals surface area (Å²) in [6.07, 6.45) is 4.25. The van der Waals surface area contributed by atoms with E-state index in [1.165, 1.54) is 11.1 Å². The maximum absolute atomic E-state index is 13.3. The van der Waals surface area contributed by atoms with Gasteiger partial charge in [0.15, 0.2) is 0 Å². The van der Waals surface area contributed by atoms with Crippen LogP contribution in [0.5, 0.6) is 0 Å². The van der Waals surface area contributed by atoms with Gasteiger partial charge in [0.25, 0.3) is 0 Å². The normalized spacial score (nSPS) is 18.0. The van der Waals surface area contributed by atoms with Crippen molar-refractivity contribution in [2.45, 2.75) is 37.8 Å². The number of hydrogen-bond acceptors (Lipinski definition) is 4. The Bertz CT molecular complexity index is 1090. The summed E-state index contributed by atoms with van der Waals surface area (Å²) in [5, 5.41) is 5.13. The van der Waals surface area contributed by atoms with E-state index in [2.05, 4.69) is 41.5 Å². The third kappa shape index (κ3) is 3.68. The topological polar surface area (TPSA) is 62.3 Å². The Hall–Kier alpha value is -2.28. The van der Waals surface area contributed by atoms with Gasteiger partial charge < -0.3 is 5.32 Å². The van der Waals surface area contributed by atoms with Gasteiger partial charge in [-0.15, -0.1) is 0 Å². The molecule has 2 aromatic carbocycles. The highest BCUT2D eigenvalue weighted by Crippen LogP contribution is 2.29. The summed E-state index contributed by atoms with van der Waals surface area (Å²) >= 11 is 0. The Morgan fingerprint density at radius 2 is 1.89 bits per heavy atom. The molecule has 1 aromatic heterocycles. The number of fused-ring (bicyclic) bond motifs is 1. The van der Waals surface area contributed by atoms with Crippen LogP contribution >= 0.6 is 0 Å². The van der Waals surface area contributed by atoms with E-state index in [1.807, 2.05) is 13.0 Å². The zero-order valence-corrected chi connectivity index (χ0v) is 17.0. The quantitative estimate of drug-likeness (QED) is 0.719. The first kappa shape index (κ1) is 19.1. The maximum Gasteiger partial charge on any atom is 0.243 e. The molecule has 0 spiro atoms. The molecule has 1 fully saturated rings. The fraction of sp³-hybridized carbons (Fsp3) is 0.318. The van der Waals surface area contributed by atoms with E-state index >= 15 is 0 Å². The van der Waals surface area contributed by atoms with Gasteiger partial charge >= 0.3 is 0 Å². The molecule has 146 valence electrons. The summed E-state index contributed by atoms with van der Waals surface area (Å²) in [6, 6.07) is 14.0. The summed E-state index contributed by atoms with van der Waals surface area (Å²) in [4.78, 5) is 4.56. The van der Waals surface area contributed by atoms with Crippen molar-refractivity contribution in [1.82, 2.24) is 14.6 Å². The molecule has 1 N–H and O–H groups in total. The Labute approximate surface area is 166 Å². The van der Waals surface area contributed by atoms with E-state index in [9.17, 15) is 8.42 Å². The first-order valence-corrected chi connectivity index (χ1v) is 11.0. The number of benzene rings is 2. The van der Waals surface area contributed by atoms with E-state index in [-0.39, 0.29) is 6.04 Å². The lowest BCUT2D eigenvalue weighted by molar-refractivity contribution is 0.457. The molecule has 3 aromatic rings. The second-order valence-electron chi connectivity index (χ2n) is 7.53. The van der Waals surface area contributed by atoms with Gasteiger partial charge in [-0.2, -0.15) is 4.31 Å². The molecular weight excluding hydrogens is 370 g/mol. The van der Waals surface area contributed by atoms with Crippen LogP contribution in [0.3, 0.4) is 0 Å². The summed E-state index contributed by atoms with van der Waals surface area (Å²) in [5.41, 5.74) is 3.33. The predicted molar refractivity (Wildman–Crippen MR) is 112 cm³/mol. The number of hydrogen-bond donors (Lipinski definition) is 1. The lowest BCUT2D eigenvalue weighted by Gasteiger charge is -2.19. The first-order valence-electron chi connectivity index (χ1n) is 9.57. The number of pyridine rings is 1. The van der Waals surface area contributed by atoms with Gasteiger partial charge in [0.1, 0.15) is 0 Å². The minimum absolute atomic E-state index is 0.161. The van der Waals surface area contributed by atoms with Gasteiger partial charge in [-0.1, -0.05) is 42.0 Å². The highest BCUT2D eigenvalue weighted by molar-refractivity contribution is 7.89. The van der Waals surface area contributed by atoms with Crippen LogP contribution in [0.4, 0.5) is 0 Å². The molecule has 6 heteroatoms. The molecular formula is C22H25N3O2S. The molecule has 0 bridgehead atoms. The van der Waals surface area contributed by atoms with Crippen molar-refractivity contribution in [2.75, 3.05) is 13.1 Å². The lowest BCUT2D eigenvalue weighted by Crippen LogP contribution is -2.35. The van der Waals surface area contributed by atoms with Crippen LogP contribution in [-0.4, -0.2) is 36.8 Å². The van der Waals surface area contributed by atoms with Gasteiger partial charge in [-0.3, -0.25) is 4.98 Å². The minimum Gasteiger partial charge on any atom is -0.309 e. The van der Waals surface area contributed by atoms with Crippen LogP contribution < -0.4 is 5.32 Å². The Balaban J connectivity index is 1.51. The molecule has 0 unspecified atom stereocenters. The molecule has 28 heavy (non-hydrogen) atoms. The molecule has 1 saturated heterocycles. The average molecular weight is 396 g/mol.